The molecule has 2 unspecified atom stereocenters. The van der Waals surface area contributed by atoms with E-state index in [9.17, 15) is 0 Å². The van der Waals surface area contributed by atoms with Crippen molar-refractivity contribution in [2.75, 3.05) is 6.61 Å². The Labute approximate surface area is 118 Å². The van der Waals surface area contributed by atoms with Gasteiger partial charge < -0.3 is 10.1 Å². The Bertz CT molecular complexity index is 396. The highest BCUT2D eigenvalue weighted by molar-refractivity contribution is 9.10. The van der Waals surface area contributed by atoms with Crippen molar-refractivity contribution in [3.05, 3.63) is 34.3 Å². The van der Waals surface area contributed by atoms with E-state index in [0.29, 0.717) is 6.04 Å². The predicted octanol–water partition coefficient (Wildman–Crippen LogP) is 3.89. The molecular weight excluding hydrogens is 290 g/mol. The van der Waals surface area contributed by atoms with Crippen LogP contribution >= 0.6 is 15.9 Å². The standard InChI is InChI=1S/C15H22BrNO/c1-3-15(2)10-14(7-8-18-15)17-11-12-5-4-6-13(16)9-12/h4-6,9,14,17H,3,7-8,10-11H2,1-2H3. The Morgan fingerprint density at radius 2 is 2.33 bits per heavy atom. The van der Waals surface area contributed by atoms with Crippen LogP contribution < -0.4 is 5.32 Å². The van der Waals surface area contributed by atoms with Crippen molar-refractivity contribution in [1.29, 1.82) is 0 Å². The van der Waals surface area contributed by atoms with Crippen molar-refractivity contribution in [3.63, 3.8) is 0 Å². The van der Waals surface area contributed by atoms with Crippen molar-refractivity contribution in [2.45, 2.75) is 51.3 Å². The summed E-state index contributed by atoms with van der Waals surface area (Å²) in [6, 6.07) is 9.05. The molecule has 0 aromatic heterocycles. The SMILES string of the molecule is CCC1(C)CC(NCc2cccc(Br)c2)CCO1. The van der Waals surface area contributed by atoms with E-state index in [1.54, 1.807) is 0 Å². The molecule has 1 saturated heterocycles. The fraction of sp³-hybridized carbons (Fsp3) is 0.600. The average Bonchev–Trinajstić information content (AvgIpc) is 2.37. The Kier molecular flexibility index (Phi) is 4.82. The summed E-state index contributed by atoms with van der Waals surface area (Å²) in [5, 5.41) is 3.65. The molecule has 0 spiro atoms. The largest absolute Gasteiger partial charge is 0.375 e. The quantitative estimate of drug-likeness (QED) is 0.911. The van der Waals surface area contributed by atoms with E-state index in [2.05, 4.69) is 59.4 Å². The van der Waals surface area contributed by atoms with E-state index in [0.717, 1.165) is 36.9 Å². The summed E-state index contributed by atoms with van der Waals surface area (Å²) >= 11 is 3.51. The molecule has 0 radical (unpaired) electrons. The molecule has 1 aromatic rings. The number of nitrogens with one attached hydrogen (secondary N) is 1. The Morgan fingerprint density at radius 1 is 1.50 bits per heavy atom. The summed E-state index contributed by atoms with van der Waals surface area (Å²) < 4.78 is 7.01. The van der Waals surface area contributed by atoms with Crippen LogP contribution in [0.1, 0.15) is 38.7 Å². The number of halogens is 1. The normalized spacial score (nSPS) is 28.3. The second kappa shape index (κ2) is 6.18. The van der Waals surface area contributed by atoms with E-state index < -0.39 is 0 Å². The first-order valence-electron chi connectivity index (χ1n) is 6.73. The van der Waals surface area contributed by atoms with Crippen molar-refractivity contribution in [1.82, 2.24) is 5.32 Å². The maximum atomic E-state index is 5.87. The molecule has 1 fully saturated rings. The van der Waals surface area contributed by atoms with Gasteiger partial charge in [-0.05, 0) is 43.9 Å². The fourth-order valence-electron chi connectivity index (χ4n) is 2.46. The molecule has 1 heterocycles. The van der Waals surface area contributed by atoms with Crippen LogP contribution in [0.2, 0.25) is 0 Å². The fourth-order valence-corrected chi connectivity index (χ4v) is 2.91. The predicted molar refractivity (Wildman–Crippen MR) is 78.7 cm³/mol. The molecule has 1 aliphatic heterocycles. The number of rotatable bonds is 4. The Morgan fingerprint density at radius 3 is 3.06 bits per heavy atom. The Hall–Kier alpha value is -0.380. The van der Waals surface area contributed by atoms with Gasteiger partial charge in [-0.2, -0.15) is 0 Å². The third kappa shape index (κ3) is 3.81. The third-order valence-corrected chi connectivity index (χ3v) is 4.32. The number of benzene rings is 1. The molecule has 0 amide bonds. The van der Waals surface area contributed by atoms with Crippen LogP contribution in [0, 0.1) is 0 Å². The van der Waals surface area contributed by atoms with Crippen LogP contribution in [0.15, 0.2) is 28.7 Å². The summed E-state index contributed by atoms with van der Waals surface area (Å²) in [5.74, 6) is 0. The zero-order valence-electron chi connectivity index (χ0n) is 11.2. The average molecular weight is 312 g/mol. The molecule has 0 saturated carbocycles. The molecule has 100 valence electrons. The van der Waals surface area contributed by atoms with Crippen LogP contribution in [0.3, 0.4) is 0 Å². The first-order valence-corrected chi connectivity index (χ1v) is 7.52. The number of hydrogen-bond donors (Lipinski definition) is 1. The molecule has 0 aliphatic carbocycles. The highest BCUT2D eigenvalue weighted by Crippen LogP contribution is 2.27. The minimum absolute atomic E-state index is 0.0627. The molecule has 18 heavy (non-hydrogen) atoms. The van der Waals surface area contributed by atoms with Crippen LogP contribution in [0.4, 0.5) is 0 Å². The number of hydrogen-bond acceptors (Lipinski definition) is 2. The summed E-state index contributed by atoms with van der Waals surface area (Å²) in [7, 11) is 0. The van der Waals surface area contributed by atoms with Gasteiger partial charge in [-0.1, -0.05) is 35.0 Å². The van der Waals surface area contributed by atoms with Gasteiger partial charge in [0.05, 0.1) is 5.60 Å². The summed E-state index contributed by atoms with van der Waals surface area (Å²) in [4.78, 5) is 0. The van der Waals surface area contributed by atoms with E-state index in [1.807, 2.05) is 0 Å². The molecule has 2 rings (SSSR count). The third-order valence-electron chi connectivity index (χ3n) is 3.83. The van der Waals surface area contributed by atoms with Gasteiger partial charge in [0.25, 0.3) is 0 Å². The topological polar surface area (TPSA) is 21.3 Å². The highest BCUT2D eigenvalue weighted by Gasteiger charge is 2.31. The molecule has 2 atom stereocenters. The van der Waals surface area contributed by atoms with E-state index >= 15 is 0 Å². The Balaban J connectivity index is 1.87. The van der Waals surface area contributed by atoms with E-state index in [1.165, 1.54) is 5.56 Å². The summed E-state index contributed by atoms with van der Waals surface area (Å²) in [5.41, 5.74) is 1.39. The molecule has 2 nitrogen and oxygen atoms in total. The molecule has 1 aliphatic rings. The van der Waals surface area contributed by atoms with Gasteiger partial charge in [-0.15, -0.1) is 0 Å². The first kappa shape index (κ1) is 14.0. The van der Waals surface area contributed by atoms with Gasteiger partial charge in [-0.3, -0.25) is 0 Å². The summed E-state index contributed by atoms with van der Waals surface area (Å²) in [6.45, 7) is 6.24. The lowest BCUT2D eigenvalue weighted by molar-refractivity contribution is -0.0781. The minimum Gasteiger partial charge on any atom is -0.375 e. The van der Waals surface area contributed by atoms with Gasteiger partial charge in [0, 0.05) is 23.7 Å². The maximum absolute atomic E-state index is 5.87. The minimum atomic E-state index is 0.0627. The van der Waals surface area contributed by atoms with Crippen molar-refractivity contribution in [3.8, 4) is 0 Å². The van der Waals surface area contributed by atoms with E-state index in [4.69, 9.17) is 4.74 Å². The molecule has 3 heteroatoms. The lowest BCUT2D eigenvalue weighted by atomic mass is 9.90. The van der Waals surface area contributed by atoms with Crippen molar-refractivity contribution >= 4 is 15.9 Å². The second-order valence-electron chi connectivity index (χ2n) is 5.35. The van der Waals surface area contributed by atoms with Crippen molar-refractivity contribution < 1.29 is 4.74 Å². The van der Waals surface area contributed by atoms with Gasteiger partial charge in [0.15, 0.2) is 0 Å². The molecule has 1 aromatic carbocycles. The van der Waals surface area contributed by atoms with Gasteiger partial charge >= 0.3 is 0 Å². The lowest BCUT2D eigenvalue weighted by Gasteiger charge is -2.38. The van der Waals surface area contributed by atoms with Crippen LogP contribution in [0.25, 0.3) is 0 Å². The van der Waals surface area contributed by atoms with Gasteiger partial charge in [0.1, 0.15) is 0 Å². The van der Waals surface area contributed by atoms with Crippen LogP contribution in [-0.4, -0.2) is 18.2 Å². The summed E-state index contributed by atoms with van der Waals surface area (Å²) in [6.07, 6.45) is 3.31. The second-order valence-corrected chi connectivity index (χ2v) is 6.27. The van der Waals surface area contributed by atoms with Gasteiger partial charge in [-0.25, -0.2) is 0 Å². The zero-order chi connectivity index (χ0) is 13.0. The molecule has 0 bridgehead atoms. The zero-order valence-corrected chi connectivity index (χ0v) is 12.8. The number of ether oxygens (including phenoxy) is 1. The van der Waals surface area contributed by atoms with Crippen molar-refractivity contribution in [2.24, 2.45) is 0 Å². The molecule has 1 N–H and O–H groups in total. The monoisotopic (exact) mass is 311 g/mol. The lowest BCUT2D eigenvalue weighted by Crippen LogP contribution is -2.44. The van der Waals surface area contributed by atoms with E-state index in [-0.39, 0.29) is 5.60 Å². The van der Waals surface area contributed by atoms with Crippen LogP contribution in [0.5, 0.6) is 0 Å². The molecular formula is C15H22BrNO. The van der Waals surface area contributed by atoms with Gasteiger partial charge in [0.2, 0.25) is 0 Å². The first-order chi connectivity index (χ1) is 8.61. The van der Waals surface area contributed by atoms with Crippen LogP contribution in [-0.2, 0) is 11.3 Å². The maximum Gasteiger partial charge on any atom is 0.0666 e. The smallest absolute Gasteiger partial charge is 0.0666 e. The highest BCUT2D eigenvalue weighted by atomic mass is 79.9.